The standard InChI is InChI=1S/C61H88BNO15/c1-38-19-13-11-14-20-39(2)31-42(5)53(65)55(73-10)54(66)43(6)32-40(3)49(64)35-51(76-58(69)48-23-17-18-30-63(48)57(68)56(67)61(71)44(7)25-28-47(78-61)27-24-38)41(4)33-45-26-29-50(52(34-45)72-9)77-59(70)60(8)36-74-62(75-37-60)46-21-15-12-16-22-46/h11-16,19-22,32,39-42,44-45,47-48,50-52,54-55,66,71H,17-18,23-31,33-37H2,1-10H3/b13-11+,20-14+,38-19+,43-32+/t39-,40-,41-,42-,44-,45+,47-,48+,50-,51+,52-,54-,55+,61-/m1/s1. The summed E-state index contributed by atoms with van der Waals surface area (Å²) in [7, 11) is 2.37. The van der Waals surface area contributed by atoms with E-state index in [0.29, 0.717) is 76.2 Å². The van der Waals surface area contributed by atoms with Crippen LogP contribution in [-0.4, -0.2) is 140 Å². The van der Waals surface area contributed by atoms with Crippen LogP contribution < -0.4 is 5.46 Å². The lowest BCUT2D eigenvalue weighted by atomic mass is 9.75. The van der Waals surface area contributed by atoms with Gasteiger partial charge >= 0.3 is 19.1 Å². The quantitative estimate of drug-likeness (QED) is 0.111. The first-order chi connectivity index (χ1) is 37.1. The van der Waals surface area contributed by atoms with Gasteiger partial charge in [0.05, 0.1) is 12.2 Å². The Morgan fingerprint density at radius 1 is 0.872 bits per heavy atom. The van der Waals surface area contributed by atoms with E-state index < -0.39 is 108 Å². The Morgan fingerprint density at radius 3 is 2.28 bits per heavy atom. The first-order valence-corrected chi connectivity index (χ1v) is 28.5. The van der Waals surface area contributed by atoms with Gasteiger partial charge in [0, 0.05) is 58.2 Å². The molecule has 6 rings (SSSR count). The van der Waals surface area contributed by atoms with Crippen molar-refractivity contribution in [2.24, 2.45) is 40.9 Å². The molecule has 78 heavy (non-hydrogen) atoms. The van der Waals surface area contributed by atoms with Crippen molar-refractivity contribution in [1.29, 1.82) is 0 Å². The number of aliphatic hydroxyl groups is 2. The average Bonchev–Trinajstić information content (AvgIpc) is 3.47. The van der Waals surface area contributed by atoms with Crippen LogP contribution in [-0.2, 0) is 61.8 Å². The number of Topliss-reactive ketones (excluding diaryl/α,β-unsaturated/α-hetero) is 3. The maximum absolute atomic E-state index is 14.6. The highest BCUT2D eigenvalue weighted by Crippen LogP contribution is 2.39. The number of carbonyl (C=O) groups excluding carboxylic acids is 6. The lowest BCUT2D eigenvalue weighted by Crippen LogP contribution is -2.60. The Hall–Kier alpha value is -4.62. The molecule has 17 heteroatoms. The molecule has 0 aromatic heterocycles. The van der Waals surface area contributed by atoms with Crippen LogP contribution in [0.3, 0.4) is 0 Å². The Balaban J connectivity index is 1.22. The molecule has 2 N–H and O–H groups in total. The normalized spacial score (nSPS) is 36.4. The second kappa shape index (κ2) is 28.7. The van der Waals surface area contributed by atoms with Crippen molar-refractivity contribution in [1.82, 2.24) is 4.90 Å². The van der Waals surface area contributed by atoms with Crippen LogP contribution in [0, 0.1) is 40.9 Å². The summed E-state index contributed by atoms with van der Waals surface area (Å²) >= 11 is 0. The number of methoxy groups -OCH3 is 2. The molecule has 1 aromatic rings. The number of fused-ring (bicyclic) bond motifs is 3. The summed E-state index contributed by atoms with van der Waals surface area (Å²) in [6.07, 6.45) is 12.3. The van der Waals surface area contributed by atoms with Gasteiger partial charge in [-0.1, -0.05) is 107 Å². The summed E-state index contributed by atoms with van der Waals surface area (Å²) in [6, 6.07) is 8.35. The first-order valence-electron chi connectivity index (χ1n) is 28.5. The largest absolute Gasteiger partial charge is 0.493 e. The van der Waals surface area contributed by atoms with Crippen LogP contribution in [0.4, 0.5) is 0 Å². The molecule has 14 atom stereocenters. The highest BCUT2D eigenvalue weighted by Gasteiger charge is 2.53. The van der Waals surface area contributed by atoms with Gasteiger partial charge in [0.25, 0.3) is 11.7 Å². The third-order valence-electron chi connectivity index (χ3n) is 17.0. The maximum Gasteiger partial charge on any atom is 0.493 e. The van der Waals surface area contributed by atoms with E-state index in [0.717, 1.165) is 11.0 Å². The molecule has 1 aliphatic carbocycles. The number of esters is 2. The van der Waals surface area contributed by atoms with Crippen LogP contribution in [0.25, 0.3) is 0 Å². The molecule has 2 bridgehead atoms. The molecule has 1 aromatic carbocycles. The van der Waals surface area contributed by atoms with Crippen LogP contribution in [0.5, 0.6) is 0 Å². The highest BCUT2D eigenvalue weighted by atomic mass is 16.6. The van der Waals surface area contributed by atoms with Gasteiger partial charge in [0.1, 0.15) is 41.7 Å². The topological polar surface area (TPSA) is 211 Å². The van der Waals surface area contributed by atoms with Crippen molar-refractivity contribution in [3.8, 4) is 0 Å². The fourth-order valence-electron chi connectivity index (χ4n) is 11.8. The molecule has 430 valence electrons. The van der Waals surface area contributed by atoms with Crippen molar-refractivity contribution in [2.75, 3.05) is 34.0 Å². The number of carbonyl (C=O) groups is 6. The van der Waals surface area contributed by atoms with E-state index in [4.69, 9.17) is 33.0 Å². The third kappa shape index (κ3) is 16.1. The maximum atomic E-state index is 14.6. The molecule has 5 aliphatic rings. The van der Waals surface area contributed by atoms with Gasteiger partial charge in [-0.25, -0.2) is 4.79 Å². The Bertz CT molecular complexity index is 2340. The molecule has 3 saturated heterocycles. The molecular formula is C61H88BNO15. The molecule has 1 saturated carbocycles. The summed E-state index contributed by atoms with van der Waals surface area (Å²) in [4.78, 5) is 86.4. The molecule has 4 heterocycles. The summed E-state index contributed by atoms with van der Waals surface area (Å²) in [5.41, 5.74) is 1.25. The SMILES string of the molecule is CO[C@@H]1C[C@H](C[C@@H](C)[C@@H]2CC(=O)[C@H](C)/C=C(\C)[C@@H](O)[C@@H](OC)C(=O)[C@H](C)C[C@H](C)/C=C/C=C/C=C(\C)CC[C@@H]3CC[C@@H](C)[C@@](O)(O3)C(=O)C(=O)N3CCCC[C@H]3C(=O)O2)CC[C@H]1OC(=O)C1(C)COB(c2ccccc2)OC1. The van der Waals surface area contributed by atoms with Gasteiger partial charge in [-0.05, 0) is 127 Å². The highest BCUT2D eigenvalue weighted by molar-refractivity contribution is 6.61. The number of nitrogens with zero attached hydrogens (tertiary/aromatic N) is 1. The fraction of sp³-hybridized carbons (Fsp3) is 0.672. The summed E-state index contributed by atoms with van der Waals surface area (Å²) in [5.74, 6) is -8.58. The Kier molecular flexibility index (Phi) is 23.0. The van der Waals surface area contributed by atoms with Crippen molar-refractivity contribution in [3.63, 3.8) is 0 Å². The second-order valence-corrected chi connectivity index (χ2v) is 23.6. The average molecular weight is 1090 g/mol. The fourth-order valence-corrected chi connectivity index (χ4v) is 11.8. The van der Waals surface area contributed by atoms with E-state index in [9.17, 15) is 39.0 Å². The van der Waals surface area contributed by atoms with E-state index in [1.807, 2.05) is 88.4 Å². The number of hydrogen-bond donors (Lipinski definition) is 2. The molecule has 0 spiro atoms. The van der Waals surface area contributed by atoms with Gasteiger partial charge in [0.15, 0.2) is 5.78 Å². The molecule has 4 fully saturated rings. The molecule has 0 radical (unpaired) electrons. The number of benzene rings is 1. The summed E-state index contributed by atoms with van der Waals surface area (Å²) in [5, 5.41) is 23.5. The van der Waals surface area contributed by atoms with Crippen LogP contribution in [0.15, 0.2) is 77.9 Å². The van der Waals surface area contributed by atoms with Crippen molar-refractivity contribution < 1.29 is 72.0 Å². The minimum Gasteiger partial charge on any atom is -0.460 e. The Labute approximate surface area is 463 Å². The summed E-state index contributed by atoms with van der Waals surface area (Å²) in [6.45, 7) is 14.8. The van der Waals surface area contributed by atoms with Crippen molar-refractivity contribution in [2.45, 2.75) is 187 Å². The van der Waals surface area contributed by atoms with Gasteiger partial charge in [-0.3, -0.25) is 24.0 Å². The third-order valence-corrected chi connectivity index (χ3v) is 17.0. The molecular weight excluding hydrogens is 997 g/mol. The van der Waals surface area contributed by atoms with E-state index in [1.165, 1.54) is 12.0 Å². The number of amides is 1. The van der Waals surface area contributed by atoms with Gasteiger partial charge in [-0.2, -0.15) is 0 Å². The van der Waals surface area contributed by atoms with Crippen molar-refractivity contribution >= 4 is 47.8 Å². The Morgan fingerprint density at radius 2 is 1.59 bits per heavy atom. The van der Waals surface area contributed by atoms with Crippen LogP contribution >= 0.6 is 0 Å². The predicted molar refractivity (Wildman–Crippen MR) is 295 cm³/mol. The van der Waals surface area contributed by atoms with Crippen LogP contribution in [0.2, 0.25) is 0 Å². The van der Waals surface area contributed by atoms with E-state index >= 15 is 0 Å². The van der Waals surface area contributed by atoms with Crippen molar-refractivity contribution in [3.05, 3.63) is 77.9 Å². The number of ketones is 3. The zero-order valence-electron chi connectivity index (χ0n) is 47.9. The lowest BCUT2D eigenvalue weighted by Gasteiger charge is -2.42. The minimum absolute atomic E-state index is 0.00992. The number of rotatable bonds is 8. The number of piperidine rings is 1. The van der Waals surface area contributed by atoms with Gasteiger partial charge < -0.3 is 48.1 Å². The van der Waals surface area contributed by atoms with E-state index in [1.54, 1.807) is 40.9 Å². The second-order valence-electron chi connectivity index (χ2n) is 23.6. The number of ether oxygens (including phenoxy) is 5. The predicted octanol–water partition coefficient (Wildman–Crippen LogP) is 7.56. The molecule has 4 aliphatic heterocycles. The number of cyclic esters (lactones) is 1. The zero-order chi connectivity index (χ0) is 56.9. The van der Waals surface area contributed by atoms with Crippen LogP contribution in [0.1, 0.15) is 139 Å². The molecule has 16 nitrogen and oxygen atoms in total. The van der Waals surface area contributed by atoms with E-state index in [2.05, 4.69) is 0 Å². The number of hydrogen-bond acceptors (Lipinski definition) is 15. The summed E-state index contributed by atoms with van der Waals surface area (Å²) < 4.78 is 42.2. The molecule has 1 amide bonds. The molecule has 0 unspecified atom stereocenters. The lowest BCUT2D eigenvalue weighted by molar-refractivity contribution is -0.263. The number of aliphatic hydroxyl groups excluding tert-OH is 1. The number of allylic oxidation sites excluding steroid dienone is 7. The minimum atomic E-state index is -2.39. The monoisotopic (exact) mass is 1090 g/mol. The van der Waals surface area contributed by atoms with Gasteiger partial charge in [-0.15, -0.1) is 0 Å². The smallest absolute Gasteiger partial charge is 0.460 e. The zero-order valence-corrected chi connectivity index (χ0v) is 47.9. The van der Waals surface area contributed by atoms with Gasteiger partial charge in [0.2, 0.25) is 5.79 Å². The van der Waals surface area contributed by atoms with E-state index in [-0.39, 0.29) is 56.0 Å². The first kappa shape index (κ1) is 62.6.